The monoisotopic (exact) mass is 209 g/mol. The zero-order valence-corrected chi connectivity index (χ0v) is 10.2. The number of rotatable bonds is 4. The van der Waals surface area contributed by atoms with E-state index in [1.165, 1.54) is 5.56 Å². The van der Waals surface area contributed by atoms with Crippen molar-refractivity contribution in [3.05, 3.63) is 29.8 Å². The van der Waals surface area contributed by atoms with Crippen LogP contribution >= 0.6 is 0 Å². The number of nitrogens with one attached hydrogen (secondary N) is 1. The normalized spacial score (nSPS) is 9.47. The lowest BCUT2D eigenvalue weighted by atomic mass is 10.0. The minimum absolute atomic E-state index is 0.173. The second-order valence-corrected chi connectivity index (χ2v) is 3.43. The molecule has 2 nitrogen and oxygen atoms in total. The van der Waals surface area contributed by atoms with Gasteiger partial charge in [-0.15, -0.1) is 0 Å². The van der Waals surface area contributed by atoms with Gasteiger partial charge in [0, 0.05) is 12.2 Å². The van der Waals surface area contributed by atoms with Gasteiger partial charge in [0.05, 0.1) is 6.61 Å². The van der Waals surface area contributed by atoms with Crippen LogP contribution in [0.5, 0.6) is 0 Å². The molecule has 2 N–H and O–H groups in total. The van der Waals surface area contributed by atoms with Gasteiger partial charge in [-0.1, -0.05) is 39.8 Å². The molecule has 0 fully saturated rings. The summed E-state index contributed by atoms with van der Waals surface area (Å²) in [6.45, 7) is 9.13. The van der Waals surface area contributed by atoms with Gasteiger partial charge >= 0.3 is 0 Å². The van der Waals surface area contributed by atoms with Crippen LogP contribution in [-0.2, 0) is 0 Å². The fraction of sp³-hybridized carbons (Fsp3) is 0.538. The number of aliphatic hydroxyl groups excluding tert-OH is 1. The van der Waals surface area contributed by atoms with E-state index in [1.54, 1.807) is 0 Å². The highest BCUT2D eigenvalue weighted by Gasteiger charge is 1.98. The van der Waals surface area contributed by atoms with E-state index in [9.17, 15) is 0 Å². The topological polar surface area (TPSA) is 32.3 Å². The third-order valence-corrected chi connectivity index (χ3v) is 1.99. The summed E-state index contributed by atoms with van der Waals surface area (Å²) in [5, 5.41) is 11.8. The molecule has 0 aliphatic carbocycles. The molecule has 1 aromatic carbocycles. The lowest BCUT2D eigenvalue weighted by molar-refractivity contribution is 0.311. The first-order chi connectivity index (χ1) is 7.24. The molecule has 0 radical (unpaired) electrons. The van der Waals surface area contributed by atoms with Crippen LogP contribution in [0.4, 0.5) is 5.69 Å². The van der Waals surface area contributed by atoms with Crippen molar-refractivity contribution in [3.8, 4) is 0 Å². The first kappa shape index (κ1) is 14.0. The van der Waals surface area contributed by atoms with Gasteiger partial charge in [0.15, 0.2) is 0 Å². The molecule has 0 atom stereocenters. The maximum absolute atomic E-state index is 8.64. The highest BCUT2D eigenvalue weighted by molar-refractivity contribution is 5.46. The molecule has 0 aliphatic heterocycles. The second-order valence-electron chi connectivity index (χ2n) is 3.43. The summed E-state index contributed by atoms with van der Waals surface area (Å²) in [4.78, 5) is 0. The zero-order valence-electron chi connectivity index (χ0n) is 10.2. The van der Waals surface area contributed by atoms with Crippen molar-refractivity contribution in [2.45, 2.75) is 33.6 Å². The van der Waals surface area contributed by atoms with Crippen LogP contribution in [0.25, 0.3) is 0 Å². The van der Waals surface area contributed by atoms with Crippen LogP contribution in [0.15, 0.2) is 24.3 Å². The maximum atomic E-state index is 8.64. The van der Waals surface area contributed by atoms with Crippen molar-refractivity contribution in [2.75, 3.05) is 18.5 Å². The van der Waals surface area contributed by atoms with Crippen LogP contribution < -0.4 is 5.32 Å². The zero-order chi connectivity index (χ0) is 11.7. The molecule has 0 amide bonds. The summed E-state index contributed by atoms with van der Waals surface area (Å²) >= 11 is 0. The van der Waals surface area contributed by atoms with Gasteiger partial charge in [0.1, 0.15) is 0 Å². The Morgan fingerprint density at radius 3 is 2.47 bits per heavy atom. The number of anilines is 1. The van der Waals surface area contributed by atoms with Gasteiger partial charge in [0.25, 0.3) is 0 Å². The molecule has 0 saturated carbocycles. The predicted molar refractivity (Wildman–Crippen MR) is 67.5 cm³/mol. The van der Waals surface area contributed by atoms with Gasteiger partial charge < -0.3 is 10.4 Å². The van der Waals surface area contributed by atoms with E-state index in [0.717, 1.165) is 5.69 Å². The molecule has 0 bridgehead atoms. The summed E-state index contributed by atoms with van der Waals surface area (Å²) in [6.07, 6.45) is 0. The Morgan fingerprint density at radius 2 is 1.93 bits per heavy atom. The Bertz CT molecular complexity index is 258. The number of aliphatic hydroxyl groups is 1. The molecule has 0 heterocycles. The molecule has 1 aromatic rings. The van der Waals surface area contributed by atoms with Crippen molar-refractivity contribution < 1.29 is 5.11 Å². The number of hydrogen-bond acceptors (Lipinski definition) is 2. The fourth-order valence-corrected chi connectivity index (χ4v) is 1.21. The molecule has 86 valence electrons. The minimum atomic E-state index is 0.173. The molecule has 1 rings (SSSR count). The molecule has 2 heteroatoms. The summed E-state index contributed by atoms with van der Waals surface area (Å²) in [7, 11) is 0. The maximum Gasteiger partial charge on any atom is 0.0604 e. The Labute approximate surface area is 93.3 Å². The first-order valence-electron chi connectivity index (χ1n) is 5.68. The number of hydrogen-bond donors (Lipinski definition) is 2. The Hall–Kier alpha value is -1.02. The average molecular weight is 209 g/mol. The van der Waals surface area contributed by atoms with Crippen LogP contribution in [0.2, 0.25) is 0 Å². The summed E-state index contributed by atoms with van der Waals surface area (Å²) in [6, 6.07) is 8.30. The lowest BCUT2D eigenvalue weighted by Crippen LogP contribution is -2.05. The predicted octanol–water partition coefficient (Wildman–Crippen LogP) is 3.24. The van der Waals surface area contributed by atoms with E-state index >= 15 is 0 Å². The van der Waals surface area contributed by atoms with Crippen molar-refractivity contribution in [3.63, 3.8) is 0 Å². The quantitative estimate of drug-likeness (QED) is 0.798. The van der Waals surface area contributed by atoms with Crippen molar-refractivity contribution in [1.82, 2.24) is 0 Å². The van der Waals surface area contributed by atoms with E-state index < -0.39 is 0 Å². The SMILES string of the molecule is CC.CC(C)c1cccc(NCCO)c1. The molecular weight excluding hydrogens is 186 g/mol. The van der Waals surface area contributed by atoms with Crippen LogP contribution in [0, 0.1) is 0 Å². The highest BCUT2D eigenvalue weighted by Crippen LogP contribution is 2.17. The van der Waals surface area contributed by atoms with E-state index in [2.05, 4.69) is 31.3 Å². The Kier molecular flexibility index (Phi) is 7.74. The summed E-state index contributed by atoms with van der Waals surface area (Å²) in [5.41, 5.74) is 2.41. The first-order valence-corrected chi connectivity index (χ1v) is 5.68. The van der Waals surface area contributed by atoms with E-state index in [1.807, 2.05) is 26.0 Å². The minimum Gasteiger partial charge on any atom is -0.395 e. The van der Waals surface area contributed by atoms with Gasteiger partial charge in [0.2, 0.25) is 0 Å². The van der Waals surface area contributed by atoms with Gasteiger partial charge in [-0.05, 0) is 23.6 Å². The van der Waals surface area contributed by atoms with Gasteiger partial charge in [-0.2, -0.15) is 0 Å². The smallest absolute Gasteiger partial charge is 0.0604 e. The van der Waals surface area contributed by atoms with Crippen molar-refractivity contribution in [2.24, 2.45) is 0 Å². The van der Waals surface area contributed by atoms with Crippen LogP contribution in [0.3, 0.4) is 0 Å². The molecular formula is C13H23NO. The van der Waals surface area contributed by atoms with Crippen LogP contribution in [-0.4, -0.2) is 18.3 Å². The van der Waals surface area contributed by atoms with Crippen LogP contribution in [0.1, 0.15) is 39.2 Å². The van der Waals surface area contributed by atoms with Crippen molar-refractivity contribution >= 4 is 5.69 Å². The van der Waals surface area contributed by atoms with Crippen molar-refractivity contribution in [1.29, 1.82) is 0 Å². The third kappa shape index (κ3) is 5.43. The van der Waals surface area contributed by atoms with Gasteiger partial charge in [-0.3, -0.25) is 0 Å². The highest BCUT2D eigenvalue weighted by atomic mass is 16.3. The average Bonchev–Trinajstić information content (AvgIpc) is 2.29. The van der Waals surface area contributed by atoms with E-state index in [0.29, 0.717) is 12.5 Å². The standard InChI is InChI=1S/C11H17NO.C2H6/c1-9(2)10-4-3-5-11(8-10)12-6-7-13;1-2/h3-5,8-9,12-13H,6-7H2,1-2H3;1-2H3. The Balaban J connectivity index is 0.000000921. The molecule has 15 heavy (non-hydrogen) atoms. The number of benzene rings is 1. The lowest BCUT2D eigenvalue weighted by Gasteiger charge is -2.09. The second kappa shape index (κ2) is 8.30. The molecule has 0 aliphatic rings. The fourth-order valence-electron chi connectivity index (χ4n) is 1.21. The molecule has 0 saturated heterocycles. The molecule has 0 unspecified atom stereocenters. The molecule has 0 aromatic heterocycles. The van der Waals surface area contributed by atoms with E-state index in [4.69, 9.17) is 5.11 Å². The van der Waals surface area contributed by atoms with E-state index in [-0.39, 0.29) is 6.61 Å². The summed E-state index contributed by atoms with van der Waals surface area (Å²) in [5.74, 6) is 0.552. The molecule has 0 spiro atoms. The Morgan fingerprint density at radius 1 is 1.27 bits per heavy atom. The summed E-state index contributed by atoms with van der Waals surface area (Å²) < 4.78 is 0. The third-order valence-electron chi connectivity index (χ3n) is 1.99. The largest absolute Gasteiger partial charge is 0.395 e. The van der Waals surface area contributed by atoms with Gasteiger partial charge in [-0.25, -0.2) is 0 Å².